The van der Waals surface area contributed by atoms with E-state index >= 15 is 0 Å². The van der Waals surface area contributed by atoms with Crippen molar-refractivity contribution in [3.05, 3.63) is 28.2 Å². The molecule has 1 atom stereocenters. The molecule has 1 aromatic rings. The van der Waals surface area contributed by atoms with Crippen LogP contribution in [0.3, 0.4) is 0 Å². The fourth-order valence-corrected chi connectivity index (χ4v) is 2.84. The first kappa shape index (κ1) is 15.3. The van der Waals surface area contributed by atoms with Gasteiger partial charge in [-0.3, -0.25) is 4.90 Å². The summed E-state index contributed by atoms with van der Waals surface area (Å²) in [5.74, 6) is -0.945. The number of benzene rings is 1. The van der Waals surface area contributed by atoms with E-state index in [4.69, 9.17) is 4.74 Å². The molecule has 0 bridgehead atoms. The highest BCUT2D eigenvalue weighted by Crippen LogP contribution is 2.25. The van der Waals surface area contributed by atoms with Crippen LogP contribution in [0.2, 0.25) is 0 Å². The predicted octanol–water partition coefficient (Wildman–Crippen LogP) is 2.28. The summed E-state index contributed by atoms with van der Waals surface area (Å²) in [7, 11) is 0. The second-order valence-corrected chi connectivity index (χ2v) is 5.59. The second kappa shape index (κ2) is 7.06. The molecule has 5 nitrogen and oxygen atoms in total. The highest BCUT2D eigenvalue weighted by Gasteiger charge is 2.20. The molecule has 1 unspecified atom stereocenters. The van der Waals surface area contributed by atoms with Crippen LogP contribution in [0.15, 0.2) is 22.7 Å². The van der Waals surface area contributed by atoms with Crippen molar-refractivity contribution in [2.24, 2.45) is 0 Å². The molecule has 110 valence electrons. The summed E-state index contributed by atoms with van der Waals surface area (Å²) in [6.07, 6.45) is 0.0873. The van der Waals surface area contributed by atoms with Gasteiger partial charge < -0.3 is 15.2 Å². The summed E-state index contributed by atoms with van der Waals surface area (Å²) in [6, 6.07) is 5.32. The normalized spacial score (nSPS) is 19.8. The molecular formula is C14H19BrN2O3. The number of carboxylic acids is 1. The summed E-state index contributed by atoms with van der Waals surface area (Å²) < 4.78 is 6.28. The van der Waals surface area contributed by atoms with Crippen LogP contribution in [0.5, 0.6) is 0 Å². The molecule has 0 radical (unpaired) electrons. The minimum absolute atomic E-state index is 0.0873. The molecule has 6 heteroatoms. The van der Waals surface area contributed by atoms with E-state index in [9.17, 15) is 9.90 Å². The predicted molar refractivity (Wildman–Crippen MR) is 81.4 cm³/mol. The van der Waals surface area contributed by atoms with Gasteiger partial charge in [0.2, 0.25) is 0 Å². The van der Waals surface area contributed by atoms with Crippen LogP contribution >= 0.6 is 15.9 Å². The lowest BCUT2D eigenvalue weighted by Crippen LogP contribution is -2.45. The minimum Gasteiger partial charge on any atom is -0.478 e. The average Bonchev–Trinajstić information content (AvgIpc) is 2.45. The first-order chi connectivity index (χ1) is 9.61. The Morgan fingerprint density at radius 1 is 1.60 bits per heavy atom. The van der Waals surface area contributed by atoms with Gasteiger partial charge >= 0.3 is 5.97 Å². The lowest BCUT2D eigenvalue weighted by atomic mass is 10.1. The number of anilines is 1. The molecule has 1 aliphatic rings. The highest BCUT2D eigenvalue weighted by atomic mass is 79.9. The zero-order chi connectivity index (χ0) is 14.5. The molecule has 1 saturated heterocycles. The number of likely N-dealkylation sites (N-methyl/N-ethyl adjacent to an activating group) is 1. The van der Waals surface area contributed by atoms with E-state index in [0.717, 1.165) is 26.2 Å². The van der Waals surface area contributed by atoms with Gasteiger partial charge in [0.05, 0.1) is 18.3 Å². The number of carboxylic acid groups (broad SMARTS) is 1. The fraction of sp³-hybridized carbons (Fsp3) is 0.500. The third kappa shape index (κ3) is 3.71. The number of halogens is 1. The van der Waals surface area contributed by atoms with Gasteiger partial charge in [-0.25, -0.2) is 4.79 Å². The Balaban J connectivity index is 2.00. The number of rotatable bonds is 5. The molecule has 0 saturated carbocycles. The number of aromatic carboxylic acids is 1. The Hall–Kier alpha value is -1.11. The maximum atomic E-state index is 11.3. The van der Waals surface area contributed by atoms with Crippen LogP contribution in [-0.4, -0.2) is 54.9 Å². The number of nitrogens with one attached hydrogen (secondary N) is 1. The lowest BCUT2D eigenvalue weighted by molar-refractivity contribution is -0.0191. The van der Waals surface area contributed by atoms with Crippen molar-refractivity contribution in [2.75, 3.05) is 38.1 Å². The molecule has 1 aliphatic heterocycles. The SMILES string of the molecule is CCN1CCOC(CNc2cccc(Br)c2C(=O)O)C1. The Labute approximate surface area is 127 Å². The maximum Gasteiger partial charge on any atom is 0.338 e. The lowest BCUT2D eigenvalue weighted by Gasteiger charge is -2.32. The number of ether oxygens (including phenoxy) is 1. The molecule has 20 heavy (non-hydrogen) atoms. The Kier molecular flexibility index (Phi) is 5.39. The summed E-state index contributed by atoms with van der Waals surface area (Å²) in [5.41, 5.74) is 0.875. The first-order valence-electron chi connectivity index (χ1n) is 6.71. The number of nitrogens with zero attached hydrogens (tertiary/aromatic N) is 1. The Bertz CT molecular complexity index is 481. The van der Waals surface area contributed by atoms with Gasteiger partial charge in [0, 0.05) is 29.8 Å². The van der Waals surface area contributed by atoms with E-state index in [2.05, 4.69) is 33.1 Å². The van der Waals surface area contributed by atoms with Crippen molar-refractivity contribution >= 4 is 27.6 Å². The van der Waals surface area contributed by atoms with Gasteiger partial charge in [0.15, 0.2) is 0 Å². The molecule has 0 aliphatic carbocycles. The molecule has 2 N–H and O–H groups in total. The number of morpholine rings is 1. The maximum absolute atomic E-state index is 11.3. The number of hydrogen-bond donors (Lipinski definition) is 2. The van der Waals surface area contributed by atoms with E-state index < -0.39 is 5.97 Å². The van der Waals surface area contributed by atoms with Crippen molar-refractivity contribution in [1.82, 2.24) is 4.90 Å². The molecular weight excluding hydrogens is 324 g/mol. The van der Waals surface area contributed by atoms with Crippen LogP contribution in [0, 0.1) is 0 Å². The molecule has 2 rings (SSSR count). The second-order valence-electron chi connectivity index (χ2n) is 4.73. The molecule has 0 amide bonds. The monoisotopic (exact) mass is 342 g/mol. The highest BCUT2D eigenvalue weighted by molar-refractivity contribution is 9.10. The third-order valence-corrected chi connectivity index (χ3v) is 4.08. The average molecular weight is 343 g/mol. The molecule has 1 aromatic carbocycles. The van der Waals surface area contributed by atoms with Gasteiger partial charge in [-0.15, -0.1) is 0 Å². The number of carbonyl (C=O) groups is 1. The Morgan fingerprint density at radius 3 is 3.10 bits per heavy atom. The summed E-state index contributed by atoms with van der Waals surface area (Å²) >= 11 is 3.27. The van der Waals surface area contributed by atoms with Crippen molar-refractivity contribution in [3.63, 3.8) is 0 Å². The zero-order valence-corrected chi connectivity index (χ0v) is 13.0. The standard InChI is InChI=1S/C14H19BrN2O3/c1-2-17-6-7-20-10(9-17)8-16-12-5-3-4-11(15)13(12)14(18)19/h3-5,10,16H,2,6-9H2,1H3,(H,18,19). The fourth-order valence-electron chi connectivity index (χ4n) is 2.30. The first-order valence-corrected chi connectivity index (χ1v) is 7.50. The minimum atomic E-state index is -0.945. The topological polar surface area (TPSA) is 61.8 Å². The van der Waals surface area contributed by atoms with Gasteiger partial charge in [0.25, 0.3) is 0 Å². The van der Waals surface area contributed by atoms with Gasteiger partial charge in [-0.1, -0.05) is 13.0 Å². The van der Waals surface area contributed by atoms with Crippen molar-refractivity contribution < 1.29 is 14.6 Å². The molecule has 0 spiro atoms. The van der Waals surface area contributed by atoms with Gasteiger partial charge in [-0.2, -0.15) is 0 Å². The van der Waals surface area contributed by atoms with Gasteiger partial charge in [0.1, 0.15) is 0 Å². The molecule has 1 fully saturated rings. The van der Waals surface area contributed by atoms with E-state index in [1.165, 1.54) is 0 Å². The quantitative estimate of drug-likeness (QED) is 0.859. The largest absolute Gasteiger partial charge is 0.478 e. The van der Waals surface area contributed by atoms with Crippen LogP contribution in [-0.2, 0) is 4.74 Å². The van der Waals surface area contributed by atoms with Crippen LogP contribution in [0.4, 0.5) is 5.69 Å². The zero-order valence-electron chi connectivity index (χ0n) is 11.4. The summed E-state index contributed by atoms with van der Waals surface area (Å²) in [6.45, 7) is 6.31. The third-order valence-electron chi connectivity index (χ3n) is 3.42. The Morgan fingerprint density at radius 2 is 2.40 bits per heavy atom. The molecule has 0 aromatic heterocycles. The smallest absolute Gasteiger partial charge is 0.338 e. The van der Waals surface area contributed by atoms with E-state index in [0.29, 0.717) is 16.7 Å². The summed E-state index contributed by atoms with van der Waals surface area (Å²) in [5, 5.41) is 12.4. The molecule has 1 heterocycles. The van der Waals surface area contributed by atoms with Gasteiger partial charge in [-0.05, 0) is 34.6 Å². The van der Waals surface area contributed by atoms with E-state index in [1.54, 1.807) is 12.1 Å². The van der Waals surface area contributed by atoms with E-state index in [1.807, 2.05) is 6.07 Å². The van der Waals surface area contributed by atoms with Crippen molar-refractivity contribution in [2.45, 2.75) is 13.0 Å². The van der Waals surface area contributed by atoms with Crippen LogP contribution in [0.1, 0.15) is 17.3 Å². The van der Waals surface area contributed by atoms with E-state index in [-0.39, 0.29) is 11.7 Å². The summed E-state index contributed by atoms with van der Waals surface area (Å²) in [4.78, 5) is 13.6. The van der Waals surface area contributed by atoms with Crippen LogP contribution < -0.4 is 5.32 Å². The van der Waals surface area contributed by atoms with Crippen LogP contribution in [0.25, 0.3) is 0 Å². The van der Waals surface area contributed by atoms with Crippen molar-refractivity contribution in [3.8, 4) is 0 Å². The van der Waals surface area contributed by atoms with Crippen molar-refractivity contribution in [1.29, 1.82) is 0 Å². The number of hydrogen-bond acceptors (Lipinski definition) is 4.